The Balaban J connectivity index is 1.96. The molecule has 0 saturated carbocycles. The van der Waals surface area contributed by atoms with Crippen LogP contribution in [0.25, 0.3) is 0 Å². The second kappa shape index (κ2) is 9.35. The Labute approximate surface area is 142 Å². The summed E-state index contributed by atoms with van der Waals surface area (Å²) in [6.45, 7) is 8.56. The van der Waals surface area contributed by atoms with Crippen molar-refractivity contribution >= 4 is 17.3 Å². The molecular formula is C17H26N4OS. The van der Waals surface area contributed by atoms with Crippen LogP contribution in [0.15, 0.2) is 26.3 Å². The van der Waals surface area contributed by atoms with E-state index in [2.05, 4.69) is 58.4 Å². The molecule has 2 heterocycles. The molecule has 23 heavy (non-hydrogen) atoms. The van der Waals surface area contributed by atoms with Crippen LogP contribution >= 0.6 is 11.3 Å². The van der Waals surface area contributed by atoms with Gasteiger partial charge < -0.3 is 15.2 Å². The van der Waals surface area contributed by atoms with Gasteiger partial charge in [-0.3, -0.25) is 0 Å². The highest BCUT2D eigenvalue weighted by atomic mass is 32.1. The second-order valence-electron chi connectivity index (χ2n) is 5.24. The average molecular weight is 334 g/mol. The topological polar surface area (TPSA) is 62.5 Å². The molecule has 0 saturated heterocycles. The molecular weight excluding hydrogens is 308 g/mol. The van der Waals surface area contributed by atoms with Gasteiger partial charge in [-0.1, -0.05) is 19.0 Å². The van der Waals surface area contributed by atoms with Gasteiger partial charge in [-0.05, 0) is 42.2 Å². The van der Waals surface area contributed by atoms with Gasteiger partial charge in [0.2, 0.25) is 0 Å². The minimum atomic E-state index is 0.601. The molecule has 0 unspecified atom stereocenters. The summed E-state index contributed by atoms with van der Waals surface area (Å²) in [5.74, 6) is 1.78. The van der Waals surface area contributed by atoms with E-state index in [9.17, 15) is 0 Å². The third-order valence-corrected chi connectivity index (χ3v) is 4.36. The summed E-state index contributed by atoms with van der Waals surface area (Å²) in [7, 11) is 0. The highest BCUT2D eigenvalue weighted by Gasteiger charge is 2.12. The Morgan fingerprint density at radius 2 is 2.13 bits per heavy atom. The SMILES string of the molecule is CCNC(=NCc1c(CC)noc1CC)NCCc1ccsc1. The summed E-state index contributed by atoms with van der Waals surface area (Å²) in [5, 5.41) is 15.1. The molecule has 0 aliphatic carbocycles. The minimum Gasteiger partial charge on any atom is -0.361 e. The number of hydrogen-bond donors (Lipinski definition) is 2. The maximum absolute atomic E-state index is 5.40. The van der Waals surface area contributed by atoms with Crippen molar-refractivity contribution in [2.75, 3.05) is 13.1 Å². The lowest BCUT2D eigenvalue weighted by Gasteiger charge is -2.11. The van der Waals surface area contributed by atoms with E-state index in [0.29, 0.717) is 6.54 Å². The van der Waals surface area contributed by atoms with E-state index in [1.807, 2.05) is 0 Å². The van der Waals surface area contributed by atoms with Crippen molar-refractivity contribution in [3.8, 4) is 0 Å². The summed E-state index contributed by atoms with van der Waals surface area (Å²) >= 11 is 1.73. The number of nitrogens with one attached hydrogen (secondary N) is 2. The van der Waals surface area contributed by atoms with Gasteiger partial charge >= 0.3 is 0 Å². The van der Waals surface area contributed by atoms with Crippen molar-refractivity contribution in [2.24, 2.45) is 4.99 Å². The molecule has 2 aromatic rings. The van der Waals surface area contributed by atoms with Gasteiger partial charge in [-0.15, -0.1) is 0 Å². The number of thiophene rings is 1. The maximum atomic E-state index is 5.40. The molecule has 0 fully saturated rings. The quantitative estimate of drug-likeness (QED) is 0.575. The largest absolute Gasteiger partial charge is 0.361 e. The first-order chi connectivity index (χ1) is 11.3. The Hall–Kier alpha value is -1.82. The first kappa shape index (κ1) is 17.5. The normalized spacial score (nSPS) is 11.7. The predicted octanol–water partition coefficient (Wildman–Crippen LogP) is 3.16. The molecule has 0 bridgehead atoms. The van der Waals surface area contributed by atoms with Gasteiger partial charge in [0.05, 0.1) is 12.2 Å². The van der Waals surface area contributed by atoms with Crippen LogP contribution in [-0.2, 0) is 25.8 Å². The molecule has 5 nitrogen and oxygen atoms in total. The van der Waals surface area contributed by atoms with Crippen LogP contribution in [0.4, 0.5) is 0 Å². The van der Waals surface area contributed by atoms with Gasteiger partial charge in [0.15, 0.2) is 5.96 Å². The fourth-order valence-corrected chi connectivity index (χ4v) is 3.08. The molecule has 0 spiro atoms. The lowest BCUT2D eigenvalue weighted by Crippen LogP contribution is -2.38. The van der Waals surface area contributed by atoms with E-state index in [-0.39, 0.29) is 0 Å². The van der Waals surface area contributed by atoms with Crippen molar-refractivity contribution in [3.63, 3.8) is 0 Å². The number of rotatable bonds is 8. The third kappa shape index (κ3) is 5.10. The molecule has 0 amide bonds. The Morgan fingerprint density at radius 1 is 1.26 bits per heavy atom. The van der Waals surface area contributed by atoms with Crippen LogP contribution in [0.1, 0.15) is 43.4 Å². The zero-order valence-electron chi connectivity index (χ0n) is 14.2. The molecule has 0 aromatic carbocycles. The Morgan fingerprint density at radius 3 is 2.78 bits per heavy atom. The molecule has 0 radical (unpaired) electrons. The van der Waals surface area contributed by atoms with Crippen LogP contribution < -0.4 is 10.6 Å². The fraction of sp³-hybridized carbons (Fsp3) is 0.529. The average Bonchev–Trinajstić information content (AvgIpc) is 3.21. The highest BCUT2D eigenvalue weighted by molar-refractivity contribution is 7.07. The number of aliphatic imine (C=N–C) groups is 1. The van der Waals surface area contributed by atoms with Gasteiger partial charge in [0.25, 0.3) is 0 Å². The standard InChI is InChI=1S/C17H26N4OS/c1-4-15-14(16(5-2)22-21-15)11-20-17(18-6-3)19-9-7-13-8-10-23-12-13/h8,10,12H,4-7,9,11H2,1-3H3,(H2,18,19,20). The molecule has 2 rings (SSSR count). The number of nitrogens with zero attached hydrogens (tertiary/aromatic N) is 2. The van der Waals surface area contributed by atoms with E-state index in [1.54, 1.807) is 11.3 Å². The molecule has 2 N–H and O–H groups in total. The third-order valence-electron chi connectivity index (χ3n) is 3.63. The first-order valence-electron chi connectivity index (χ1n) is 8.27. The number of aryl methyl sites for hydroxylation is 2. The zero-order chi connectivity index (χ0) is 16.5. The van der Waals surface area contributed by atoms with Gasteiger partial charge in [0.1, 0.15) is 5.76 Å². The summed E-state index contributed by atoms with van der Waals surface area (Å²) < 4.78 is 5.40. The summed E-state index contributed by atoms with van der Waals surface area (Å²) in [6, 6.07) is 2.16. The molecule has 0 atom stereocenters. The van der Waals surface area contributed by atoms with E-state index in [1.165, 1.54) is 5.56 Å². The van der Waals surface area contributed by atoms with Gasteiger partial charge in [0, 0.05) is 25.1 Å². The number of guanidine groups is 1. The molecule has 126 valence electrons. The van der Waals surface area contributed by atoms with E-state index in [4.69, 9.17) is 4.52 Å². The van der Waals surface area contributed by atoms with Gasteiger partial charge in [-0.25, -0.2) is 4.99 Å². The van der Waals surface area contributed by atoms with Crippen molar-refractivity contribution in [1.29, 1.82) is 0 Å². The van der Waals surface area contributed by atoms with Crippen LogP contribution in [0.5, 0.6) is 0 Å². The van der Waals surface area contributed by atoms with Crippen LogP contribution in [0, 0.1) is 0 Å². The van der Waals surface area contributed by atoms with Crippen molar-refractivity contribution < 1.29 is 4.52 Å². The smallest absolute Gasteiger partial charge is 0.191 e. The molecule has 0 aliphatic rings. The van der Waals surface area contributed by atoms with E-state index < -0.39 is 0 Å². The number of hydrogen-bond acceptors (Lipinski definition) is 4. The van der Waals surface area contributed by atoms with Crippen molar-refractivity contribution in [3.05, 3.63) is 39.4 Å². The second-order valence-corrected chi connectivity index (χ2v) is 6.02. The minimum absolute atomic E-state index is 0.601. The van der Waals surface area contributed by atoms with E-state index in [0.717, 1.165) is 55.3 Å². The first-order valence-corrected chi connectivity index (χ1v) is 9.22. The Kier molecular flexibility index (Phi) is 7.13. The fourth-order valence-electron chi connectivity index (χ4n) is 2.38. The van der Waals surface area contributed by atoms with Crippen LogP contribution in [0.3, 0.4) is 0 Å². The maximum Gasteiger partial charge on any atom is 0.191 e. The van der Waals surface area contributed by atoms with Crippen LogP contribution in [-0.4, -0.2) is 24.2 Å². The monoisotopic (exact) mass is 334 g/mol. The van der Waals surface area contributed by atoms with Crippen molar-refractivity contribution in [2.45, 2.75) is 46.6 Å². The van der Waals surface area contributed by atoms with Crippen molar-refractivity contribution in [1.82, 2.24) is 15.8 Å². The van der Waals surface area contributed by atoms with Gasteiger partial charge in [-0.2, -0.15) is 11.3 Å². The van der Waals surface area contributed by atoms with E-state index >= 15 is 0 Å². The molecule has 6 heteroatoms. The summed E-state index contributed by atoms with van der Waals surface area (Å²) in [4.78, 5) is 4.69. The molecule has 2 aromatic heterocycles. The van der Waals surface area contributed by atoms with Crippen LogP contribution in [0.2, 0.25) is 0 Å². The number of aromatic nitrogens is 1. The highest BCUT2D eigenvalue weighted by Crippen LogP contribution is 2.16. The lowest BCUT2D eigenvalue weighted by atomic mass is 10.1. The zero-order valence-corrected chi connectivity index (χ0v) is 15.0. The summed E-state index contributed by atoms with van der Waals surface area (Å²) in [5.41, 5.74) is 3.50. The molecule has 0 aliphatic heterocycles. The predicted molar refractivity (Wildman–Crippen MR) is 96.1 cm³/mol. The Bertz CT molecular complexity index is 583. The lowest BCUT2D eigenvalue weighted by molar-refractivity contribution is 0.380. The summed E-state index contributed by atoms with van der Waals surface area (Å²) in [6.07, 6.45) is 2.72.